The van der Waals surface area contributed by atoms with Crippen molar-refractivity contribution in [1.29, 1.82) is 0 Å². The molecular weight excluding hydrogens is 561 g/mol. The third kappa shape index (κ3) is 4.91. The van der Waals surface area contributed by atoms with Crippen LogP contribution in [-0.2, 0) is 10.0 Å². The first-order valence-electron chi connectivity index (χ1n) is 13.1. The predicted octanol–water partition coefficient (Wildman–Crippen LogP) is 4.61. The van der Waals surface area contributed by atoms with Crippen molar-refractivity contribution in [3.8, 4) is 16.9 Å². The van der Waals surface area contributed by atoms with Crippen LogP contribution in [0.15, 0.2) is 107 Å². The van der Waals surface area contributed by atoms with Crippen LogP contribution in [0.3, 0.4) is 0 Å². The molecule has 4 aromatic carbocycles. The molecule has 0 atom stereocenters. The summed E-state index contributed by atoms with van der Waals surface area (Å²) in [5.41, 5.74) is 1.05. The van der Waals surface area contributed by atoms with Gasteiger partial charge in [-0.25, -0.2) is 12.8 Å². The summed E-state index contributed by atoms with van der Waals surface area (Å²) in [5.74, 6) is -0.524. The number of sulfonamides is 1. The van der Waals surface area contributed by atoms with E-state index >= 15 is 0 Å². The Hall–Kier alpha value is -4.94. The number of fused-ring (bicyclic) bond motifs is 1. The quantitative estimate of drug-likeness (QED) is 0.211. The van der Waals surface area contributed by atoms with Gasteiger partial charge in [0.25, 0.3) is 11.2 Å². The maximum atomic E-state index is 13.7. The number of nitro benzene ring substituents is 1. The molecule has 212 valence electrons. The van der Waals surface area contributed by atoms with Gasteiger partial charge in [-0.1, -0.05) is 48.5 Å². The van der Waals surface area contributed by atoms with E-state index in [1.54, 1.807) is 36.4 Å². The number of hydrogen-bond acceptors (Lipinski definition) is 7. The Morgan fingerprint density at radius 2 is 1.45 bits per heavy atom. The Kier molecular flexibility index (Phi) is 7.01. The second-order valence-electron chi connectivity index (χ2n) is 9.75. The Balaban J connectivity index is 1.38. The number of benzene rings is 4. The van der Waals surface area contributed by atoms with E-state index < -0.39 is 26.3 Å². The van der Waals surface area contributed by atoms with Crippen LogP contribution in [0.5, 0.6) is 0 Å². The summed E-state index contributed by atoms with van der Waals surface area (Å²) in [4.78, 5) is 27.1. The number of nitro groups is 1. The Morgan fingerprint density at radius 1 is 0.810 bits per heavy atom. The average Bonchev–Trinajstić information content (AvgIpc) is 3.02. The van der Waals surface area contributed by atoms with Gasteiger partial charge < -0.3 is 4.90 Å². The number of hydrogen-bond donors (Lipinski definition) is 0. The zero-order chi connectivity index (χ0) is 29.4. The second kappa shape index (κ2) is 10.8. The third-order valence-electron chi connectivity index (χ3n) is 7.29. The van der Waals surface area contributed by atoms with Gasteiger partial charge in [-0.15, -0.1) is 0 Å². The molecule has 1 aromatic heterocycles. The van der Waals surface area contributed by atoms with Crippen LogP contribution in [0.4, 0.5) is 15.8 Å². The minimum Gasteiger partial charge on any atom is -0.369 e. The highest BCUT2D eigenvalue weighted by Gasteiger charge is 2.30. The van der Waals surface area contributed by atoms with Gasteiger partial charge in [-0.05, 0) is 42.5 Å². The zero-order valence-electron chi connectivity index (χ0n) is 22.1. The molecule has 0 aliphatic carbocycles. The van der Waals surface area contributed by atoms with Gasteiger partial charge in [0.2, 0.25) is 10.0 Å². The first-order valence-corrected chi connectivity index (χ1v) is 14.5. The highest BCUT2D eigenvalue weighted by Crippen LogP contribution is 2.31. The number of rotatable bonds is 6. The van der Waals surface area contributed by atoms with Crippen LogP contribution in [0.25, 0.3) is 27.7 Å². The van der Waals surface area contributed by atoms with E-state index in [-0.39, 0.29) is 29.4 Å². The van der Waals surface area contributed by atoms with Gasteiger partial charge in [0.05, 0.1) is 20.9 Å². The summed E-state index contributed by atoms with van der Waals surface area (Å²) < 4.78 is 41.8. The van der Waals surface area contributed by atoms with Crippen LogP contribution in [0.2, 0.25) is 0 Å². The molecule has 12 heteroatoms. The van der Waals surface area contributed by atoms with Gasteiger partial charge in [0.1, 0.15) is 11.5 Å². The summed E-state index contributed by atoms with van der Waals surface area (Å²) in [5, 5.41) is 17.7. The van der Waals surface area contributed by atoms with Crippen molar-refractivity contribution in [2.75, 3.05) is 31.1 Å². The van der Waals surface area contributed by atoms with E-state index in [0.717, 1.165) is 22.4 Å². The van der Waals surface area contributed by atoms with Crippen molar-refractivity contribution in [3.63, 3.8) is 0 Å². The molecule has 6 rings (SSSR count). The Labute approximate surface area is 240 Å². The molecule has 42 heavy (non-hydrogen) atoms. The van der Waals surface area contributed by atoms with Crippen LogP contribution in [0.1, 0.15) is 0 Å². The van der Waals surface area contributed by atoms with Crippen molar-refractivity contribution in [2.45, 2.75) is 4.90 Å². The summed E-state index contributed by atoms with van der Waals surface area (Å²) in [6, 6.07) is 25.4. The van der Waals surface area contributed by atoms with Gasteiger partial charge >= 0.3 is 0 Å². The topological polar surface area (TPSA) is 119 Å². The monoisotopic (exact) mass is 585 g/mol. The minimum absolute atomic E-state index is 0.00551. The molecule has 0 bridgehead atoms. The number of anilines is 1. The lowest BCUT2D eigenvalue weighted by molar-refractivity contribution is -0.384. The molecule has 0 unspecified atom stereocenters. The van der Waals surface area contributed by atoms with Crippen molar-refractivity contribution in [3.05, 3.63) is 123 Å². The molecule has 1 aliphatic rings. The highest BCUT2D eigenvalue weighted by molar-refractivity contribution is 7.89. The molecule has 0 spiro atoms. The van der Waals surface area contributed by atoms with E-state index in [1.807, 2.05) is 35.2 Å². The zero-order valence-corrected chi connectivity index (χ0v) is 22.9. The van der Waals surface area contributed by atoms with Gasteiger partial charge in [0.15, 0.2) is 0 Å². The molecule has 5 aromatic rings. The Morgan fingerprint density at radius 3 is 2.12 bits per heavy atom. The average molecular weight is 586 g/mol. The number of nitrogens with zero attached hydrogens (tertiary/aromatic N) is 5. The second-order valence-corrected chi connectivity index (χ2v) is 11.7. The van der Waals surface area contributed by atoms with E-state index in [2.05, 4.69) is 5.10 Å². The highest BCUT2D eigenvalue weighted by atomic mass is 32.2. The van der Waals surface area contributed by atoms with Crippen molar-refractivity contribution in [2.24, 2.45) is 0 Å². The van der Waals surface area contributed by atoms with Gasteiger partial charge in [-0.3, -0.25) is 14.9 Å². The van der Waals surface area contributed by atoms with Crippen molar-refractivity contribution < 1.29 is 17.7 Å². The lowest BCUT2D eigenvalue weighted by Crippen LogP contribution is -2.48. The first kappa shape index (κ1) is 27.2. The third-order valence-corrected chi connectivity index (χ3v) is 9.20. The van der Waals surface area contributed by atoms with Crippen LogP contribution in [-0.4, -0.2) is 53.6 Å². The van der Waals surface area contributed by atoms with E-state index in [4.69, 9.17) is 0 Å². The van der Waals surface area contributed by atoms with E-state index in [0.29, 0.717) is 35.2 Å². The smallest absolute Gasteiger partial charge is 0.295 e. The Bertz CT molecular complexity index is 1970. The molecule has 10 nitrogen and oxygen atoms in total. The van der Waals surface area contributed by atoms with Gasteiger partial charge in [-0.2, -0.15) is 14.1 Å². The number of aromatic nitrogens is 2. The van der Waals surface area contributed by atoms with E-state index in [1.165, 1.54) is 22.5 Å². The first-order chi connectivity index (χ1) is 20.2. The minimum atomic E-state index is -3.82. The van der Waals surface area contributed by atoms with Crippen molar-refractivity contribution in [1.82, 2.24) is 14.1 Å². The lowest BCUT2D eigenvalue weighted by atomic mass is 10.1. The van der Waals surface area contributed by atoms with Gasteiger partial charge in [0, 0.05) is 48.9 Å². The fourth-order valence-electron chi connectivity index (χ4n) is 5.14. The van der Waals surface area contributed by atoms with Crippen LogP contribution >= 0.6 is 0 Å². The summed E-state index contributed by atoms with van der Waals surface area (Å²) >= 11 is 0. The molecule has 0 radical (unpaired) electrons. The standard InChI is InChI=1S/C30H24FN5O5S/c31-22-10-13-24(14-11-22)42(40,41)34-18-16-33(17-19-34)23-12-15-27(36(38)39)28(20-23)35-30(37)26-9-5-4-8-25(26)29(32-35)21-6-2-1-3-7-21/h1-15,20H,16-19H2. The molecule has 1 fully saturated rings. The molecule has 1 saturated heterocycles. The SMILES string of the molecule is O=c1c2ccccc2c(-c2ccccc2)nn1-c1cc(N2CCN(S(=O)(=O)c3ccc(F)cc3)CC2)ccc1[N+](=O)[O-]. The summed E-state index contributed by atoms with van der Waals surface area (Å²) in [7, 11) is -3.82. The largest absolute Gasteiger partial charge is 0.369 e. The lowest BCUT2D eigenvalue weighted by Gasteiger charge is -2.35. The van der Waals surface area contributed by atoms with Crippen LogP contribution in [0, 0.1) is 15.9 Å². The summed E-state index contributed by atoms with van der Waals surface area (Å²) in [6.45, 7) is 0.899. The normalized spacial score (nSPS) is 14.3. The maximum absolute atomic E-state index is 13.7. The molecular formula is C30H24FN5O5S. The number of piperazine rings is 1. The fourth-order valence-corrected chi connectivity index (χ4v) is 6.56. The van der Waals surface area contributed by atoms with Crippen molar-refractivity contribution >= 4 is 32.2 Å². The molecule has 1 aliphatic heterocycles. The fraction of sp³-hybridized carbons (Fsp3) is 0.133. The molecule has 0 saturated carbocycles. The molecule has 0 N–H and O–H groups in total. The maximum Gasteiger partial charge on any atom is 0.295 e. The van der Waals surface area contributed by atoms with Crippen LogP contribution < -0.4 is 10.5 Å². The van der Waals surface area contributed by atoms with E-state index in [9.17, 15) is 27.7 Å². The molecule has 2 heterocycles. The summed E-state index contributed by atoms with van der Waals surface area (Å²) in [6.07, 6.45) is 0. The predicted molar refractivity (Wildman–Crippen MR) is 157 cm³/mol. The molecule has 0 amide bonds. The number of halogens is 1.